The number of carbonyl (C=O) groups is 1. The summed E-state index contributed by atoms with van der Waals surface area (Å²) in [7, 11) is 0. The minimum Gasteiger partial charge on any atom is -0.481 e. The minimum absolute atomic E-state index is 0.167. The summed E-state index contributed by atoms with van der Waals surface area (Å²) in [6, 6.07) is 8.09. The van der Waals surface area contributed by atoms with Gasteiger partial charge in [0.1, 0.15) is 29.5 Å². The average Bonchev–Trinajstić information content (AvgIpc) is 3.72. The molecule has 0 radical (unpaired) electrons. The predicted octanol–water partition coefficient (Wildman–Crippen LogP) is 5.61. The maximum absolute atomic E-state index is 13.3. The third-order valence-electron chi connectivity index (χ3n) is 6.77. The second kappa shape index (κ2) is 12.2. The molecule has 1 aromatic carbocycles. The van der Waals surface area contributed by atoms with Crippen LogP contribution in [0, 0.1) is 12.3 Å². The van der Waals surface area contributed by atoms with Gasteiger partial charge in [0.05, 0.1) is 17.2 Å². The number of rotatable bonds is 9. The zero-order valence-electron chi connectivity index (χ0n) is 21.2. The van der Waals surface area contributed by atoms with Crippen LogP contribution in [0.25, 0.3) is 0 Å². The Bertz CT molecular complexity index is 1430. The number of aromatic nitrogens is 3. The molecule has 1 fully saturated rings. The number of carbonyl (C=O) groups excluding carboxylic acids is 1. The number of thiazole rings is 1. The van der Waals surface area contributed by atoms with Crippen LogP contribution in [0.5, 0.6) is 5.75 Å². The molecule has 40 heavy (non-hydrogen) atoms. The Kier molecular flexibility index (Phi) is 8.46. The Balaban J connectivity index is 1.15. The number of hydrogen-bond donors (Lipinski definition) is 0. The number of ether oxygens (including phenoxy) is 1. The number of oxime groups is 1. The summed E-state index contributed by atoms with van der Waals surface area (Å²) >= 11 is 1.53. The van der Waals surface area contributed by atoms with Crippen LogP contribution < -0.4 is 4.74 Å². The number of likely N-dealkylation sites (tertiary alicyclic amines) is 1. The maximum atomic E-state index is 13.3. The standard InChI is InChI=1S/C27H25F4N5O3S/c1-2-10-38-18-5-3-4-17(11-18)23-13-19(34-39-23)21-15-40-27(32-21)16-6-8-35(9-7-16)14-24(37)36-22(26(30)31)12-20(33-36)25(28)29/h1,3-5,11-12,15-16,23,25-26H,6-10,13-14H2. The third kappa shape index (κ3) is 6.18. The molecule has 0 bridgehead atoms. The molecule has 2 aliphatic rings. The van der Waals surface area contributed by atoms with E-state index in [0.29, 0.717) is 48.8 Å². The Labute approximate surface area is 231 Å². The minimum atomic E-state index is -3.09. The first-order valence-corrected chi connectivity index (χ1v) is 13.5. The van der Waals surface area contributed by atoms with Crippen LogP contribution in [-0.4, -0.2) is 57.5 Å². The van der Waals surface area contributed by atoms with Crippen LogP contribution in [0.4, 0.5) is 17.6 Å². The van der Waals surface area contributed by atoms with Crippen molar-refractivity contribution in [3.63, 3.8) is 0 Å². The van der Waals surface area contributed by atoms with Crippen LogP contribution >= 0.6 is 11.3 Å². The number of terminal acetylenes is 1. The molecule has 13 heteroatoms. The maximum Gasteiger partial charge on any atom is 0.282 e. The van der Waals surface area contributed by atoms with Crippen molar-refractivity contribution in [1.29, 1.82) is 0 Å². The molecule has 0 amide bonds. The fourth-order valence-electron chi connectivity index (χ4n) is 4.72. The smallest absolute Gasteiger partial charge is 0.282 e. The van der Waals surface area contributed by atoms with Crippen molar-refractivity contribution in [2.75, 3.05) is 26.2 Å². The lowest BCUT2D eigenvalue weighted by molar-refractivity contribution is 0.0767. The van der Waals surface area contributed by atoms with Gasteiger partial charge in [-0.1, -0.05) is 23.2 Å². The van der Waals surface area contributed by atoms with Crippen molar-refractivity contribution >= 4 is 23.0 Å². The fourth-order valence-corrected chi connectivity index (χ4v) is 5.72. The molecule has 210 valence electrons. The largest absolute Gasteiger partial charge is 0.481 e. The molecular weight excluding hydrogens is 550 g/mol. The van der Waals surface area contributed by atoms with Crippen LogP contribution in [0.15, 0.2) is 40.9 Å². The van der Waals surface area contributed by atoms with Crippen molar-refractivity contribution in [1.82, 2.24) is 19.7 Å². The monoisotopic (exact) mass is 575 g/mol. The Hall–Kier alpha value is -3.76. The van der Waals surface area contributed by atoms with E-state index >= 15 is 0 Å². The van der Waals surface area contributed by atoms with Gasteiger partial charge < -0.3 is 9.57 Å². The number of alkyl halides is 4. The summed E-state index contributed by atoms with van der Waals surface area (Å²) < 4.78 is 58.3. The fraction of sp³-hybridized carbons (Fsp3) is 0.407. The van der Waals surface area contributed by atoms with Gasteiger partial charge in [-0.15, -0.1) is 17.8 Å². The van der Waals surface area contributed by atoms with Crippen molar-refractivity contribution in [3.8, 4) is 18.1 Å². The van der Waals surface area contributed by atoms with E-state index in [1.807, 2.05) is 34.5 Å². The molecule has 2 aromatic heterocycles. The van der Waals surface area contributed by atoms with Gasteiger partial charge in [0.2, 0.25) is 0 Å². The van der Waals surface area contributed by atoms with E-state index in [9.17, 15) is 22.4 Å². The van der Waals surface area contributed by atoms with E-state index in [0.717, 1.165) is 22.0 Å². The van der Waals surface area contributed by atoms with E-state index in [2.05, 4.69) is 16.2 Å². The summed E-state index contributed by atoms with van der Waals surface area (Å²) in [5.74, 6) is 2.50. The van der Waals surface area contributed by atoms with Crippen LogP contribution in [0.1, 0.15) is 76.6 Å². The summed E-state index contributed by atoms with van der Waals surface area (Å²) in [6.07, 6.45) is 0.852. The zero-order valence-corrected chi connectivity index (χ0v) is 22.0. The van der Waals surface area contributed by atoms with Gasteiger partial charge in [-0.05, 0) is 49.7 Å². The molecule has 4 heterocycles. The van der Waals surface area contributed by atoms with Crippen LogP contribution in [0.3, 0.4) is 0 Å². The Morgan fingerprint density at radius 3 is 2.73 bits per heavy atom. The lowest BCUT2D eigenvalue weighted by atomic mass is 9.97. The quantitative estimate of drug-likeness (QED) is 0.244. The lowest BCUT2D eigenvalue weighted by Gasteiger charge is -2.30. The third-order valence-corrected chi connectivity index (χ3v) is 7.78. The molecule has 5 rings (SSSR count). The molecular formula is C27H25F4N5O3S. The van der Waals surface area contributed by atoms with E-state index in [-0.39, 0.29) is 25.2 Å². The second-order valence-electron chi connectivity index (χ2n) is 9.42. The highest BCUT2D eigenvalue weighted by Gasteiger charge is 2.30. The molecule has 3 aromatic rings. The molecule has 1 atom stereocenters. The van der Waals surface area contributed by atoms with E-state index in [1.165, 1.54) is 11.3 Å². The summed E-state index contributed by atoms with van der Waals surface area (Å²) in [5.41, 5.74) is 0.770. The van der Waals surface area contributed by atoms with Gasteiger partial charge in [0, 0.05) is 17.7 Å². The van der Waals surface area contributed by atoms with Gasteiger partial charge >= 0.3 is 0 Å². The number of halogens is 4. The van der Waals surface area contributed by atoms with Gasteiger partial charge in [-0.3, -0.25) is 9.69 Å². The summed E-state index contributed by atoms with van der Waals surface area (Å²) in [6.45, 7) is 1.05. The van der Waals surface area contributed by atoms with Crippen molar-refractivity contribution < 1.29 is 31.9 Å². The highest BCUT2D eigenvalue weighted by Crippen LogP contribution is 2.34. The van der Waals surface area contributed by atoms with Crippen LogP contribution in [0.2, 0.25) is 0 Å². The molecule has 8 nitrogen and oxygen atoms in total. The molecule has 2 aliphatic heterocycles. The molecule has 0 saturated carbocycles. The molecule has 1 unspecified atom stereocenters. The first kappa shape index (κ1) is 27.8. The number of benzene rings is 1. The number of hydrogen-bond acceptors (Lipinski definition) is 8. The number of nitrogens with zero attached hydrogens (tertiary/aromatic N) is 5. The first-order valence-electron chi connectivity index (χ1n) is 12.6. The highest BCUT2D eigenvalue weighted by atomic mass is 32.1. The molecule has 0 N–H and O–H groups in total. The van der Waals surface area contributed by atoms with Crippen molar-refractivity contribution in [3.05, 3.63) is 63.4 Å². The van der Waals surface area contributed by atoms with Crippen LogP contribution in [-0.2, 0) is 4.84 Å². The molecule has 0 aliphatic carbocycles. The predicted molar refractivity (Wildman–Crippen MR) is 139 cm³/mol. The van der Waals surface area contributed by atoms with Gasteiger partial charge in [-0.2, -0.15) is 9.78 Å². The van der Waals surface area contributed by atoms with Crippen molar-refractivity contribution in [2.24, 2.45) is 5.16 Å². The Morgan fingerprint density at radius 2 is 2.00 bits per heavy atom. The molecule has 1 saturated heterocycles. The topological polar surface area (TPSA) is 81.8 Å². The van der Waals surface area contributed by atoms with Gasteiger partial charge in [0.15, 0.2) is 6.10 Å². The average molecular weight is 576 g/mol. The van der Waals surface area contributed by atoms with Gasteiger partial charge in [0.25, 0.3) is 18.8 Å². The summed E-state index contributed by atoms with van der Waals surface area (Å²) in [5, 5.41) is 10.6. The van der Waals surface area contributed by atoms with E-state index in [4.69, 9.17) is 21.0 Å². The van der Waals surface area contributed by atoms with E-state index < -0.39 is 30.1 Å². The lowest BCUT2D eigenvalue weighted by Crippen LogP contribution is -2.39. The first-order chi connectivity index (χ1) is 19.3. The SMILES string of the molecule is C#CCOc1cccc(C2CC(c3csc(C4CCN(CC(=O)n5nc(C(F)F)cc5C(F)F)CC4)n3)=NO2)c1. The summed E-state index contributed by atoms with van der Waals surface area (Å²) in [4.78, 5) is 24.9. The molecule has 0 spiro atoms. The number of piperidine rings is 1. The van der Waals surface area contributed by atoms with Crippen molar-refractivity contribution in [2.45, 2.75) is 44.1 Å². The Morgan fingerprint density at radius 1 is 1.20 bits per heavy atom. The van der Waals surface area contributed by atoms with Gasteiger partial charge in [-0.25, -0.2) is 22.5 Å². The normalized spacial score (nSPS) is 18.1. The highest BCUT2D eigenvalue weighted by molar-refractivity contribution is 7.10. The van der Waals surface area contributed by atoms with E-state index in [1.54, 1.807) is 0 Å². The second-order valence-corrected chi connectivity index (χ2v) is 10.3. The zero-order chi connectivity index (χ0) is 28.2.